The molecule has 0 aromatic carbocycles. The van der Waals surface area contributed by atoms with Gasteiger partial charge in [0.15, 0.2) is 5.67 Å². The number of pyridine rings is 1. The first-order chi connectivity index (χ1) is 12.6. The fourth-order valence-electron chi connectivity index (χ4n) is 4.51. The number of nitrogens with zero attached hydrogens (tertiary/aromatic N) is 2. The number of rotatable bonds is 5. The van der Waals surface area contributed by atoms with Gasteiger partial charge in [-0.3, -0.25) is 9.78 Å². The lowest BCUT2D eigenvalue weighted by Gasteiger charge is -2.51. The van der Waals surface area contributed by atoms with Gasteiger partial charge in [0, 0.05) is 37.5 Å². The molecule has 26 heavy (non-hydrogen) atoms. The summed E-state index contributed by atoms with van der Waals surface area (Å²) >= 11 is 0. The minimum Gasteiger partial charge on any atom is -0.377 e. The first kappa shape index (κ1) is 17.9. The monoisotopic (exact) mass is 362 g/mol. The topological polar surface area (TPSA) is 51.7 Å². The summed E-state index contributed by atoms with van der Waals surface area (Å²) in [6, 6.07) is 3.87. The Morgan fingerprint density at radius 2 is 2.12 bits per heavy atom. The van der Waals surface area contributed by atoms with Crippen molar-refractivity contribution in [2.24, 2.45) is 5.41 Å². The van der Waals surface area contributed by atoms with Crippen molar-refractivity contribution in [1.29, 1.82) is 0 Å². The smallest absolute Gasteiger partial charge is 0.260 e. The van der Waals surface area contributed by atoms with Crippen LogP contribution in [0.2, 0.25) is 0 Å². The number of alkyl halides is 1. The predicted octanol–water partition coefficient (Wildman–Crippen LogP) is 2.89. The fourth-order valence-corrected chi connectivity index (χ4v) is 4.51. The lowest BCUT2D eigenvalue weighted by molar-refractivity contribution is -0.176. The van der Waals surface area contributed by atoms with Gasteiger partial charge in [-0.1, -0.05) is 0 Å². The third kappa shape index (κ3) is 3.37. The molecule has 4 rings (SSSR count). The van der Waals surface area contributed by atoms with Crippen LogP contribution in [-0.4, -0.2) is 53.9 Å². The van der Waals surface area contributed by atoms with E-state index in [1.54, 1.807) is 17.3 Å². The number of likely N-dealkylation sites (tertiary alicyclic amines) is 1. The van der Waals surface area contributed by atoms with E-state index >= 15 is 0 Å². The highest BCUT2D eigenvalue weighted by atomic mass is 19.1. The van der Waals surface area contributed by atoms with Gasteiger partial charge in [0.05, 0.1) is 19.3 Å². The van der Waals surface area contributed by atoms with Crippen LogP contribution < -0.4 is 0 Å². The van der Waals surface area contributed by atoms with E-state index in [0.717, 1.165) is 37.9 Å². The van der Waals surface area contributed by atoms with Gasteiger partial charge < -0.3 is 14.4 Å². The summed E-state index contributed by atoms with van der Waals surface area (Å²) in [5, 5.41) is 0. The van der Waals surface area contributed by atoms with E-state index in [0.29, 0.717) is 39.1 Å². The predicted molar refractivity (Wildman–Crippen MR) is 94.2 cm³/mol. The summed E-state index contributed by atoms with van der Waals surface area (Å²) in [6.45, 7) is 2.93. The molecule has 0 radical (unpaired) electrons. The SMILES string of the molecule is O=C(N1CC[C@H]2OCCC[C@]2(COCc2ccncc2)C1)C1(F)CCC1. The van der Waals surface area contributed by atoms with Crippen LogP contribution in [0.1, 0.15) is 44.1 Å². The van der Waals surface area contributed by atoms with Gasteiger partial charge in [0.2, 0.25) is 0 Å². The average Bonchev–Trinajstić information content (AvgIpc) is 2.66. The van der Waals surface area contributed by atoms with Crippen molar-refractivity contribution in [1.82, 2.24) is 9.88 Å². The Kier molecular flexibility index (Phi) is 4.97. The van der Waals surface area contributed by atoms with Crippen LogP contribution in [0.4, 0.5) is 4.39 Å². The van der Waals surface area contributed by atoms with Crippen molar-refractivity contribution in [2.45, 2.75) is 56.9 Å². The largest absolute Gasteiger partial charge is 0.377 e. The van der Waals surface area contributed by atoms with Crippen molar-refractivity contribution in [3.63, 3.8) is 0 Å². The standard InChI is InChI=1S/C20H27FN2O3/c21-20(7-1-8-20)18(24)23-11-5-17-19(14-23,6-2-12-26-17)15-25-13-16-3-9-22-10-4-16/h3-4,9-10,17H,1-2,5-8,11-15H2/t17-,19-/m1/s1. The Hall–Kier alpha value is -1.53. The van der Waals surface area contributed by atoms with Gasteiger partial charge >= 0.3 is 0 Å². The lowest BCUT2D eigenvalue weighted by atomic mass is 9.72. The lowest BCUT2D eigenvalue weighted by Crippen LogP contribution is -2.61. The molecule has 3 fully saturated rings. The number of ether oxygens (including phenoxy) is 2. The third-order valence-electron chi connectivity index (χ3n) is 6.21. The molecule has 0 bridgehead atoms. The zero-order chi connectivity index (χ0) is 18.0. The Balaban J connectivity index is 1.43. The van der Waals surface area contributed by atoms with Gasteiger partial charge in [-0.2, -0.15) is 0 Å². The highest BCUT2D eigenvalue weighted by Crippen LogP contribution is 2.43. The van der Waals surface area contributed by atoms with E-state index in [-0.39, 0.29) is 17.4 Å². The van der Waals surface area contributed by atoms with Crippen molar-refractivity contribution in [2.75, 3.05) is 26.3 Å². The van der Waals surface area contributed by atoms with Crippen molar-refractivity contribution < 1.29 is 18.7 Å². The van der Waals surface area contributed by atoms with Crippen LogP contribution in [0, 0.1) is 5.41 Å². The van der Waals surface area contributed by atoms with Crippen LogP contribution in [-0.2, 0) is 20.9 Å². The second kappa shape index (κ2) is 7.24. The normalized spacial score (nSPS) is 30.3. The molecule has 1 saturated carbocycles. The summed E-state index contributed by atoms with van der Waals surface area (Å²) in [7, 11) is 0. The van der Waals surface area contributed by atoms with E-state index in [9.17, 15) is 9.18 Å². The first-order valence-electron chi connectivity index (χ1n) is 9.68. The van der Waals surface area contributed by atoms with E-state index in [1.807, 2.05) is 12.1 Å². The molecule has 0 N–H and O–H groups in total. The number of piperidine rings is 1. The molecule has 6 heteroatoms. The second-order valence-electron chi connectivity index (χ2n) is 8.01. The molecule has 1 amide bonds. The van der Waals surface area contributed by atoms with Crippen LogP contribution in [0.25, 0.3) is 0 Å². The molecule has 2 atom stereocenters. The second-order valence-corrected chi connectivity index (χ2v) is 8.01. The fraction of sp³-hybridized carbons (Fsp3) is 0.700. The van der Waals surface area contributed by atoms with Gasteiger partial charge in [0.1, 0.15) is 0 Å². The van der Waals surface area contributed by atoms with Crippen molar-refractivity contribution >= 4 is 5.91 Å². The maximum Gasteiger partial charge on any atom is 0.260 e. The summed E-state index contributed by atoms with van der Waals surface area (Å²) < 4.78 is 26.7. The highest BCUT2D eigenvalue weighted by molar-refractivity contribution is 5.86. The third-order valence-corrected chi connectivity index (χ3v) is 6.21. The van der Waals surface area contributed by atoms with E-state index in [4.69, 9.17) is 9.47 Å². The number of halogens is 1. The molecule has 5 nitrogen and oxygen atoms in total. The van der Waals surface area contributed by atoms with Gasteiger partial charge in [-0.25, -0.2) is 4.39 Å². The number of hydrogen-bond donors (Lipinski definition) is 0. The molecule has 2 saturated heterocycles. The quantitative estimate of drug-likeness (QED) is 0.808. The Morgan fingerprint density at radius 3 is 2.85 bits per heavy atom. The van der Waals surface area contributed by atoms with E-state index < -0.39 is 5.67 Å². The Labute approximate surface area is 153 Å². The van der Waals surface area contributed by atoms with Crippen LogP contribution in [0.5, 0.6) is 0 Å². The van der Waals surface area contributed by atoms with E-state index in [1.165, 1.54) is 0 Å². The van der Waals surface area contributed by atoms with E-state index in [2.05, 4.69) is 4.98 Å². The first-order valence-corrected chi connectivity index (χ1v) is 9.68. The van der Waals surface area contributed by atoms with Crippen LogP contribution >= 0.6 is 0 Å². The van der Waals surface area contributed by atoms with Crippen molar-refractivity contribution in [3.05, 3.63) is 30.1 Å². The number of carbonyl (C=O) groups is 1. The molecule has 1 aromatic heterocycles. The zero-order valence-electron chi connectivity index (χ0n) is 15.2. The van der Waals surface area contributed by atoms with Crippen LogP contribution in [0.15, 0.2) is 24.5 Å². The van der Waals surface area contributed by atoms with Crippen LogP contribution in [0.3, 0.4) is 0 Å². The molecular formula is C20H27FN2O3. The molecule has 1 aliphatic carbocycles. The summed E-state index contributed by atoms with van der Waals surface area (Å²) in [5.41, 5.74) is -0.772. The van der Waals surface area contributed by atoms with Crippen molar-refractivity contribution in [3.8, 4) is 0 Å². The summed E-state index contributed by atoms with van der Waals surface area (Å²) in [4.78, 5) is 18.4. The number of carbonyl (C=O) groups excluding carboxylic acids is 1. The summed E-state index contributed by atoms with van der Waals surface area (Å²) in [5.74, 6) is -0.318. The molecule has 0 unspecified atom stereocenters. The molecule has 142 valence electrons. The minimum atomic E-state index is -1.62. The van der Waals surface area contributed by atoms with Gasteiger partial charge in [-0.05, 0) is 56.2 Å². The molecule has 0 spiro atoms. The average molecular weight is 362 g/mol. The van der Waals surface area contributed by atoms with Gasteiger partial charge in [-0.15, -0.1) is 0 Å². The number of aromatic nitrogens is 1. The number of hydrogen-bond acceptors (Lipinski definition) is 4. The maximum absolute atomic E-state index is 14.6. The number of amides is 1. The Morgan fingerprint density at radius 1 is 1.31 bits per heavy atom. The number of fused-ring (bicyclic) bond motifs is 1. The highest BCUT2D eigenvalue weighted by Gasteiger charge is 2.52. The minimum absolute atomic E-state index is 0.0923. The zero-order valence-corrected chi connectivity index (χ0v) is 15.2. The molecular weight excluding hydrogens is 335 g/mol. The molecule has 3 aliphatic rings. The molecule has 1 aromatic rings. The van der Waals surface area contributed by atoms with Gasteiger partial charge in [0.25, 0.3) is 5.91 Å². The summed E-state index contributed by atoms with van der Waals surface area (Å²) in [6.07, 6.45) is 7.82. The molecule has 2 aliphatic heterocycles. The maximum atomic E-state index is 14.6. The molecule has 3 heterocycles. The Bertz CT molecular complexity index is 637.